The van der Waals surface area contributed by atoms with Crippen LogP contribution < -0.4 is 0 Å². The quantitative estimate of drug-likeness (QED) is 0.731. The Balaban J connectivity index is 2.19. The molecule has 0 unspecified atom stereocenters. The highest BCUT2D eigenvalue weighted by molar-refractivity contribution is 6.31. The van der Waals surface area contributed by atoms with E-state index < -0.39 is 0 Å². The summed E-state index contributed by atoms with van der Waals surface area (Å²) in [5, 5.41) is 19.1. The van der Waals surface area contributed by atoms with Crippen molar-refractivity contribution in [3.05, 3.63) is 47.0 Å². The van der Waals surface area contributed by atoms with Crippen LogP contribution in [0.15, 0.2) is 36.4 Å². The van der Waals surface area contributed by atoms with E-state index in [4.69, 9.17) is 11.6 Å². The molecule has 1 aromatic heterocycles. The Morgan fingerprint density at radius 1 is 1.06 bits per heavy atom. The van der Waals surface area contributed by atoms with E-state index in [1.807, 2.05) is 13.0 Å². The van der Waals surface area contributed by atoms with Gasteiger partial charge >= 0.3 is 0 Å². The second-order valence-corrected chi connectivity index (χ2v) is 4.55. The summed E-state index contributed by atoms with van der Waals surface area (Å²) < 4.78 is 0. The molecule has 0 fully saturated rings. The number of fused-ring (bicyclic) bond motifs is 1. The van der Waals surface area contributed by atoms with Crippen LogP contribution in [-0.2, 0) is 0 Å². The normalized spacial score (nSPS) is 11.0. The second kappa shape index (κ2) is 3.99. The van der Waals surface area contributed by atoms with E-state index in [0.29, 0.717) is 16.2 Å². The van der Waals surface area contributed by atoms with Crippen LogP contribution in [0.2, 0.25) is 5.02 Å². The third-order valence-electron chi connectivity index (χ3n) is 2.69. The first-order chi connectivity index (χ1) is 8.63. The molecule has 4 nitrogen and oxygen atoms in total. The number of benzene rings is 2. The third kappa shape index (κ3) is 1.80. The maximum Gasteiger partial charge on any atom is 0.143 e. The second-order valence-electron chi connectivity index (χ2n) is 4.11. The molecule has 0 aliphatic rings. The average Bonchev–Trinajstić information content (AvgIpc) is 2.71. The summed E-state index contributed by atoms with van der Waals surface area (Å²) in [4.78, 5) is 1.41. The largest absolute Gasteiger partial charge is 0.506 e. The molecule has 90 valence electrons. The number of aryl methyl sites for hydroxylation is 1. The molecule has 0 bridgehead atoms. The van der Waals surface area contributed by atoms with E-state index in [-0.39, 0.29) is 5.75 Å². The molecule has 2 aromatic carbocycles. The highest BCUT2D eigenvalue weighted by Gasteiger charge is 2.08. The number of rotatable bonds is 1. The van der Waals surface area contributed by atoms with E-state index in [1.54, 1.807) is 30.3 Å². The fraction of sp³-hybridized carbons (Fsp3) is 0.0769. The zero-order chi connectivity index (χ0) is 12.7. The van der Waals surface area contributed by atoms with E-state index >= 15 is 0 Å². The van der Waals surface area contributed by atoms with Gasteiger partial charge in [-0.3, -0.25) is 0 Å². The van der Waals surface area contributed by atoms with Gasteiger partial charge in [0.2, 0.25) is 0 Å². The molecule has 0 amide bonds. The molecule has 0 saturated heterocycles. The van der Waals surface area contributed by atoms with Gasteiger partial charge in [-0.2, -0.15) is 0 Å². The minimum Gasteiger partial charge on any atom is -0.506 e. The Kier molecular flexibility index (Phi) is 2.45. The molecular formula is C13H10ClN3O. The van der Waals surface area contributed by atoms with Crippen molar-refractivity contribution in [3.63, 3.8) is 0 Å². The Bertz CT molecular complexity index is 736. The highest BCUT2D eigenvalue weighted by atomic mass is 35.5. The zero-order valence-electron chi connectivity index (χ0n) is 9.63. The van der Waals surface area contributed by atoms with Crippen molar-refractivity contribution in [2.45, 2.75) is 6.92 Å². The Morgan fingerprint density at radius 2 is 1.83 bits per heavy atom. The predicted molar refractivity (Wildman–Crippen MR) is 70.3 cm³/mol. The van der Waals surface area contributed by atoms with Gasteiger partial charge in [-0.15, -0.1) is 15.0 Å². The van der Waals surface area contributed by atoms with Gasteiger partial charge < -0.3 is 5.11 Å². The van der Waals surface area contributed by atoms with Crippen LogP contribution in [0.4, 0.5) is 0 Å². The van der Waals surface area contributed by atoms with Crippen molar-refractivity contribution in [2.75, 3.05) is 0 Å². The van der Waals surface area contributed by atoms with Gasteiger partial charge in [0.1, 0.15) is 22.5 Å². The summed E-state index contributed by atoms with van der Waals surface area (Å²) in [6.07, 6.45) is 0. The summed E-state index contributed by atoms with van der Waals surface area (Å²) in [5.74, 6) is 0.154. The molecule has 0 spiro atoms. The minimum atomic E-state index is 0.154. The van der Waals surface area contributed by atoms with Gasteiger partial charge in [0.25, 0.3) is 0 Å². The van der Waals surface area contributed by atoms with Crippen LogP contribution in [0.1, 0.15) is 5.56 Å². The standard InChI is InChI=1S/C13H10ClN3O/c1-8-2-5-12(13(18)6-8)17-15-10-4-3-9(14)7-11(10)16-17/h2-7,18H,1H3. The molecule has 1 N–H and O–H groups in total. The Morgan fingerprint density at radius 3 is 2.61 bits per heavy atom. The number of halogens is 1. The monoisotopic (exact) mass is 259 g/mol. The number of aromatic nitrogens is 3. The number of hydrogen-bond donors (Lipinski definition) is 1. The average molecular weight is 260 g/mol. The van der Waals surface area contributed by atoms with Crippen molar-refractivity contribution in [1.82, 2.24) is 15.0 Å². The van der Waals surface area contributed by atoms with Crippen LogP contribution in [0.25, 0.3) is 16.7 Å². The van der Waals surface area contributed by atoms with Gasteiger partial charge in [0, 0.05) is 5.02 Å². The van der Waals surface area contributed by atoms with Crippen LogP contribution in [0, 0.1) is 6.92 Å². The smallest absolute Gasteiger partial charge is 0.143 e. The van der Waals surface area contributed by atoms with Crippen LogP contribution in [0.3, 0.4) is 0 Å². The molecule has 18 heavy (non-hydrogen) atoms. The molecule has 3 rings (SSSR count). The summed E-state index contributed by atoms with van der Waals surface area (Å²) in [6.45, 7) is 1.91. The van der Waals surface area contributed by atoms with Crippen LogP contribution in [-0.4, -0.2) is 20.1 Å². The molecular weight excluding hydrogens is 250 g/mol. The van der Waals surface area contributed by atoms with Crippen molar-refractivity contribution < 1.29 is 5.11 Å². The lowest BCUT2D eigenvalue weighted by atomic mass is 10.2. The molecule has 0 atom stereocenters. The van der Waals surface area contributed by atoms with Crippen molar-refractivity contribution in [3.8, 4) is 11.4 Å². The number of phenols is 1. The van der Waals surface area contributed by atoms with Crippen molar-refractivity contribution in [2.24, 2.45) is 0 Å². The lowest BCUT2D eigenvalue weighted by molar-refractivity contribution is 0.467. The van der Waals surface area contributed by atoms with Gasteiger partial charge in [0.05, 0.1) is 0 Å². The van der Waals surface area contributed by atoms with Gasteiger partial charge in [-0.05, 0) is 42.8 Å². The number of hydrogen-bond acceptors (Lipinski definition) is 3. The van der Waals surface area contributed by atoms with Crippen LogP contribution in [0.5, 0.6) is 5.75 Å². The zero-order valence-corrected chi connectivity index (χ0v) is 10.4. The van der Waals surface area contributed by atoms with Gasteiger partial charge in [0.15, 0.2) is 0 Å². The Labute approximate surface area is 108 Å². The molecule has 0 aliphatic carbocycles. The number of nitrogens with zero attached hydrogens (tertiary/aromatic N) is 3. The maximum atomic E-state index is 9.90. The first kappa shape index (κ1) is 11.0. The Hall–Kier alpha value is -2.07. The fourth-order valence-electron chi connectivity index (χ4n) is 1.80. The first-order valence-electron chi connectivity index (χ1n) is 5.46. The number of phenolic OH excluding ortho intramolecular Hbond substituents is 1. The van der Waals surface area contributed by atoms with Crippen molar-refractivity contribution >= 4 is 22.6 Å². The summed E-state index contributed by atoms with van der Waals surface area (Å²) in [5.41, 5.74) is 2.96. The lowest BCUT2D eigenvalue weighted by Gasteiger charge is -2.03. The molecule has 5 heteroatoms. The summed E-state index contributed by atoms with van der Waals surface area (Å²) in [6, 6.07) is 10.7. The van der Waals surface area contributed by atoms with E-state index in [9.17, 15) is 5.11 Å². The first-order valence-corrected chi connectivity index (χ1v) is 5.84. The van der Waals surface area contributed by atoms with Gasteiger partial charge in [-0.25, -0.2) is 0 Å². The van der Waals surface area contributed by atoms with Crippen LogP contribution >= 0.6 is 11.6 Å². The number of aromatic hydroxyl groups is 1. The predicted octanol–water partition coefficient (Wildman–Crippen LogP) is 3.09. The lowest BCUT2D eigenvalue weighted by Crippen LogP contribution is -1.98. The van der Waals surface area contributed by atoms with E-state index in [1.165, 1.54) is 4.80 Å². The maximum absolute atomic E-state index is 9.90. The van der Waals surface area contributed by atoms with Crippen molar-refractivity contribution in [1.29, 1.82) is 0 Å². The fourth-order valence-corrected chi connectivity index (χ4v) is 1.96. The summed E-state index contributed by atoms with van der Waals surface area (Å²) in [7, 11) is 0. The molecule has 0 aliphatic heterocycles. The third-order valence-corrected chi connectivity index (χ3v) is 2.92. The van der Waals surface area contributed by atoms with E-state index in [0.717, 1.165) is 11.1 Å². The molecule has 1 heterocycles. The van der Waals surface area contributed by atoms with Gasteiger partial charge in [-0.1, -0.05) is 17.7 Å². The summed E-state index contributed by atoms with van der Waals surface area (Å²) >= 11 is 5.90. The SMILES string of the molecule is Cc1ccc(-n2nc3ccc(Cl)cc3n2)c(O)c1. The minimum absolute atomic E-state index is 0.154. The molecule has 0 saturated carbocycles. The highest BCUT2D eigenvalue weighted by Crippen LogP contribution is 2.23. The molecule has 0 radical (unpaired) electrons. The van der Waals surface area contributed by atoms with E-state index in [2.05, 4.69) is 10.2 Å². The topological polar surface area (TPSA) is 50.9 Å². The molecule has 3 aromatic rings.